The number of sulfonamides is 1. The van der Waals surface area contributed by atoms with Gasteiger partial charge in [-0.25, -0.2) is 8.42 Å². The highest BCUT2D eigenvalue weighted by Crippen LogP contribution is 2.44. The van der Waals surface area contributed by atoms with Crippen LogP contribution in [-0.4, -0.2) is 32.7 Å². The summed E-state index contributed by atoms with van der Waals surface area (Å²) in [4.78, 5) is 12.9. The van der Waals surface area contributed by atoms with Crippen LogP contribution in [0.5, 0.6) is 11.5 Å². The van der Waals surface area contributed by atoms with Crippen LogP contribution in [0.1, 0.15) is 32.6 Å². The molecule has 2 aromatic rings. The molecule has 0 aliphatic heterocycles. The molecule has 4 rings (SSSR count). The highest BCUT2D eigenvalue weighted by molar-refractivity contribution is 7.92. The zero-order valence-corrected chi connectivity index (χ0v) is 18.1. The number of para-hydroxylation sites is 1. The van der Waals surface area contributed by atoms with Crippen molar-refractivity contribution < 1.29 is 17.9 Å². The predicted molar refractivity (Wildman–Crippen MR) is 117 cm³/mol. The number of benzene rings is 2. The van der Waals surface area contributed by atoms with Crippen molar-refractivity contribution in [2.24, 2.45) is 11.8 Å². The Balaban J connectivity index is 1.48. The summed E-state index contributed by atoms with van der Waals surface area (Å²) in [5, 5.41) is 3.11. The molecule has 2 bridgehead atoms. The van der Waals surface area contributed by atoms with E-state index in [0.717, 1.165) is 19.1 Å². The third-order valence-electron chi connectivity index (χ3n) is 6.22. The number of hydrogen-bond acceptors (Lipinski definition) is 4. The number of ether oxygens (including phenoxy) is 1. The molecule has 2 saturated carbocycles. The molecule has 2 fully saturated rings. The van der Waals surface area contributed by atoms with Crippen molar-refractivity contribution in [3.63, 3.8) is 0 Å². The van der Waals surface area contributed by atoms with Crippen LogP contribution in [0.25, 0.3) is 0 Å². The number of rotatable bonds is 7. The second kappa shape index (κ2) is 8.30. The molecule has 0 spiro atoms. The Morgan fingerprint density at radius 2 is 1.70 bits per heavy atom. The van der Waals surface area contributed by atoms with E-state index in [2.05, 4.69) is 5.32 Å². The van der Waals surface area contributed by atoms with Crippen LogP contribution in [0.3, 0.4) is 0 Å². The normalized spacial score (nSPS) is 23.7. The van der Waals surface area contributed by atoms with Crippen molar-refractivity contribution >= 4 is 21.6 Å². The highest BCUT2D eigenvalue weighted by Gasteiger charge is 2.41. The van der Waals surface area contributed by atoms with Gasteiger partial charge in [0.25, 0.3) is 0 Å². The van der Waals surface area contributed by atoms with E-state index in [-0.39, 0.29) is 11.9 Å². The fourth-order valence-corrected chi connectivity index (χ4v) is 5.99. The van der Waals surface area contributed by atoms with E-state index in [1.165, 1.54) is 17.1 Å². The van der Waals surface area contributed by atoms with Crippen molar-refractivity contribution in [1.29, 1.82) is 0 Å². The first-order valence-electron chi connectivity index (χ1n) is 10.4. The minimum Gasteiger partial charge on any atom is -0.457 e. The van der Waals surface area contributed by atoms with Crippen LogP contribution in [0.2, 0.25) is 0 Å². The number of fused-ring (bicyclic) bond motifs is 2. The Hall–Kier alpha value is -2.54. The number of carbonyl (C=O) groups is 1. The lowest BCUT2D eigenvalue weighted by Gasteiger charge is -2.31. The molecular formula is C23H28N2O4S. The van der Waals surface area contributed by atoms with E-state index >= 15 is 0 Å². The van der Waals surface area contributed by atoms with E-state index in [0.29, 0.717) is 29.0 Å². The quantitative estimate of drug-likeness (QED) is 0.725. The first kappa shape index (κ1) is 20.7. The summed E-state index contributed by atoms with van der Waals surface area (Å²) in [5.41, 5.74) is 0.438. The van der Waals surface area contributed by atoms with Gasteiger partial charge in [-0.15, -0.1) is 0 Å². The van der Waals surface area contributed by atoms with E-state index in [9.17, 15) is 13.2 Å². The van der Waals surface area contributed by atoms with Gasteiger partial charge in [-0.2, -0.15) is 0 Å². The third-order valence-corrected chi connectivity index (χ3v) is 7.47. The van der Waals surface area contributed by atoms with Crippen LogP contribution in [-0.2, 0) is 14.8 Å². The van der Waals surface area contributed by atoms with Crippen LogP contribution >= 0.6 is 0 Å². The van der Waals surface area contributed by atoms with Crippen molar-refractivity contribution in [3.05, 3.63) is 54.6 Å². The lowest BCUT2D eigenvalue weighted by molar-refractivity contribution is -0.122. The average molecular weight is 429 g/mol. The summed E-state index contributed by atoms with van der Waals surface area (Å²) in [6.07, 6.45) is 5.72. The van der Waals surface area contributed by atoms with E-state index in [1.807, 2.05) is 30.3 Å². The molecule has 30 heavy (non-hydrogen) atoms. The second-order valence-corrected chi connectivity index (χ2v) is 10.3. The summed E-state index contributed by atoms with van der Waals surface area (Å²) in [7, 11) is -3.65. The van der Waals surface area contributed by atoms with Gasteiger partial charge in [-0.05, 0) is 74.4 Å². The maximum atomic E-state index is 12.9. The predicted octanol–water partition coefficient (Wildman–Crippen LogP) is 3.94. The van der Waals surface area contributed by atoms with Gasteiger partial charge >= 0.3 is 0 Å². The van der Waals surface area contributed by atoms with E-state index in [1.54, 1.807) is 31.2 Å². The zero-order valence-electron chi connectivity index (χ0n) is 17.3. The minimum atomic E-state index is -3.65. The molecular weight excluding hydrogens is 400 g/mol. The van der Waals surface area contributed by atoms with Gasteiger partial charge in [0.15, 0.2) is 0 Å². The monoisotopic (exact) mass is 428 g/mol. The number of nitrogens with one attached hydrogen (secondary N) is 1. The summed E-state index contributed by atoms with van der Waals surface area (Å²) in [6.45, 7) is 1.64. The lowest BCUT2D eigenvalue weighted by Crippen LogP contribution is -2.51. The summed E-state index contributed by atoms with van der Waals surface area (Å²) >= 11 is 0. The maximum Gasteiger partial charge on any atom is 0.243 e. The maximum absolute atomic E-state index is 12.9. The number of anilines is 1. The van der Waals surface area contributed by atoms with Gasteiger partial charge in [-0.3, -0.25) is 9.10 Å². The molecule has 2 aliphatic rings. The molecule has 7 heteroatoms. The smallest absolute Gasteiger partial charge is 0.243 e. The standard InChI is InChI=1S/C23H28N2O4S/c1-16(23(26)24-22-15-17-8-9-18(22)14-17)25(30(2,27)28)19-10-12-21(13-11-19)29-20-6-4-3-5-7-20/h3-7,10-13,16-18,22H,8-9,14-15H2,1-2H3,(H,24,26)/t16-,17-,18-,22-/m1/s1. The fraction of sp³-hybridized carbons (Fsp3) is 0.435. The molecule has 0 saturated heterocycles. The minimum absolute atomic E-state index is 0.168. The van der Waals surface area contributed by atoms with Crippen molar-refractivity contribution in [1.82, 2.24) is 5.32 Å². The molecule has 160 valence electrons. The number of amides is 1. The Bertz CT molecular complexity index is 992. The molecule has 0 heterocycles. The van der Waals surface area contributed by atoms with Crippen molar-refractivity contribution in [2.45, 2.75) is 44.7 Å². The van der Waals surface area contributed by atoms with E-state index in [4.69, 9.17) is 4.74 Å². The van der Waals surface area contributed by atoms with E-state index < -0.39 is 16.1 Å². The lowest BCUT2D eigenvalue weighted by atomic mass is 9.95. The molecule has 1 amide bonds. The second-order valence-electron chi connectivity index (χ2n) is 8.43. The van der Waals surface area contributed by atoms with Gasteiger partial charge in [0.05, 0.1) is 11.9 Å². The summed E-state index contributed by atoms with van der Waals surface area (Å²) in [5.74, 6) is 2.29. The van der Waals surface area contributed by atoms with Gasteiger partial charge < -0.3 is 10.1 Å². The van der Waals surface area contributed by atoms with Gasteiger partial charge in [0, 0.05) is 6.04 Å². The zero-order chi connectivity index (χ0) is 21.3. The number of nitrogens with zero attached hydrogens (tertiary/aromatic N) is 1. The first-order valence-corrected chi connectivity index (χ1v) is 12.3. The first-order chi connectivity index (χ1) is 14.3. The van der Waals surface area contributed by atoms with Gasteiger partial charge in [0.1, 0.15) is 17.5 Å². The van der Waals surface area contributed by atoms with Gasteiger partial charge in [0.2, 0.25) is 15.9 Å². The highest BCUT2D eigenvalue weighted by atomic mass is 32.2. The van der Waals surface area contributed by atoms with Crippen LogP contribution < -0.4 is 14.4 Å². The molecule has 2 aliphatic carbocycles. The Morgan fingerprint density at radius 1 is 1.03 bits per heavy atom. The van der Waals surface area contributed by atoms with Crippen LogP contribution in [0, 0.1) is 11.8 Å². The Kier molecular flexibility index (Phi) is 5.73. The summed E-state index contributed by atoms with van der Waals surface area (Å²) in [6, 6.07) is 15.4. The van der Waals surface area contributed by atoms with Crippen molar-refractivity contribution in [3.8, 4) is 11.5 Å². The topological polar surface area (TPSA) is 75.7 Å². The Labute approximate surface area is 178 Å². The van der Waals surface area contributed by atoms with Gasteiger partial charge in [-0.1, -0.05) is 24.6 Å². The molecule has 0 aromatic heterocycles. The van der Waals surface area contributed by atoms with Crippen LogP contribution in [0.15, 0.2) is 54.6 Å². The molecule has 2 aromatic carbocycles. The molecule has 1 N–H and O–H groups in total. The van der Waals surface area contributed by atoms with Crippen LogP contribution in [0.4, 0.5) is 5.69 Å². The third kappa shape index (κ3) is 4.46. The molecule has 4 atom stereocenters. The molecule has 0 unspecified atom stereocenters. The summed E-state index contributed by atoms with van der Waals surface area (Å²) < 4.78 is 32.0. The SMILES string of the molecule is C[C@H](C(=O)N[C@@H]1C[C@@H]2CC[C@@H]1C2)N(c1ccc(Oc2ccccc2)cc1)S(C)(=O)=O. The van der Waals surface area contributed by atoms with Crippen molar-refractivity contribution in [2.75, 3.05) is 10.6 Å². The number of hydrogen-bond donors (Lipinski definition) is 1. The fourth-order valence-electron chi connectivity index (χ4n) is 4.82. The molecule has 0 radical (unpaired) electrons. The Morgan fingerprint density at radius 3 is 2.27 bits per heavy atom. The number of carbonyl (C=O) groups excluding carboxylic acids is 1. The largest absolute Gasteiger partial charge is 0.457 e. The molecule has 6 nitrogen and oxygen atoms in total. The average Bonchev–Trinajstić information content (AvgIpc) is 3.32.